The Labute approximate surface area is 157 Å². The third-order valence-electron chi connectivity index (χ3n) is 4.25. The van der Waals surface area contributed by atoms with E-state index in [1.165, 1.54) is 0 Å². The lowest BCUT2D eigenvalue weighted by Crippen LogP contribution is -2.12. The fourth-order valence-electron chi connectivity index (χ4n) is 2.72. The van der Waals surface area contributed by atoms with Gasteiger partial charge in [-0.2, -0.15) is 0 Å². The Morgan fingerprint density at radius 2 is 1.85 bits per heavy atom. The summed E-state index contributed by atoms with van der Waals surface area (Å²) in [5.41, 5.74) is 3.47. The van der Waals surface area contributed by atoms with Crippen LogP contribution in [0.5, 0.6) is 11.5 Å². The topological polar surface area (TPSA) is 72.5 Å². The molecule has 0 atom stereocenters. The maximum atomic E-state index is 12.3. The zero-order valence-electron chi connectivity index (χ0n) is 14.9. The van der Waals surface area contributed by atoms with E-state index in [-0.39, 0.29) is 12.7 Å². The van der Waals surface area contributed by atoms with Gasteiger partial charge in [-0.1, -0.05) is 23.8 Å². The van der Waals surface area contributed by atoms with E-state index in [9.17, 15) is 4.79 Å². The highest BCUT2D eigenvalue weighted by molar-refractivity contribution is 6.04. The first-order chi connectivity index (χ1) is 13.2. The molecule has 0 fully saturated rings. The molecule has 2 heterocycles. The van der Waals surface area contributed by atoms with Crippen LogP contribution in [0.2, 0.25) is 0 Å². The van der Waals surface area contributed by atoms with Crippen LogP contribution in [0, 0.1) is 6.92 Å². The van der Waals surface area contributed by atoms with Crippen LogP contribution in [-0.4, -0.2) is 17.7 Å². The molecule has 0 saturated carbocycles. The predicted octanol–water partition coefficient (Wildman–Crippen LogP) is 3.98. The van der Waals surface area contributed by atoms with Gasteiger partial charge in [-0.3, -0.25) is 4.79 Å². The van der Waals surface area contributed by atoms with Gasteiger partial charge in [0.05, 0.1) is 5.56 Å². The molecule has 0 bridgehead atoms. The third kappa shape index (κ3) is 4.00. The van der Waals surface area contributed by atoms with Gasteiger partial charge in [0.15, 0.2) is 11.5 Å². The molecule has 27 heavy (non-hydrogen) atoms. The van der Waals surface area contributed by atoms with Crippen molar-refractivity contribution in [2.24, 2.45) is 0 Å². The largest absolute Gasteiger partial charge is 0.454 e. The second kappa shape index (κ2) is 7.37. The quantitative estimate of drug-likeness (QED) is 0.719. The number of nitrogens with zero attached hydrogens (tertiary/aromatic N) is 1. The van der Waals surface area contributed by atoms with Crippen LogP contribution in [-0.2, 0) is 6.54 Å². The molecule has 136 valence electrons. The number of aryl methyl sites for hydroxylation is 1. The van der Waals surface area contributed by atoms with Crippen molar-refractivity contribution in [3.63, 3.8) is 0 Å². The van der Waals surface area contributed by atoms with Gasteiger partial charge in [-0.25, -0.2) is 4.98 Å². The van der Waals surface area contributed by atoms with Crippen molar-refractivity contribution >= 4 is 17.4 Å². The number of benzene rings is 2. The molecule has 2 N–H and O–H groups in total. The number of carbonyl (C=O) groups excluding carboxylic acids is 1. The molecular weight excluding hydrogens is 342 g/mol. The number of ether oxygens (including phenoxy) is 2. The fraction of sp³-hybridized carbons (Fsp3) is 0.143. The minimum atomic E-state index is -0.186. The van der Waals surface area contributed by atoms with Gasteiger partial charge in [-0.05, 0) is 48.9 Å². The Morgan fingerprint density at radius 1 is 1.04 bits per heavy atom. The molecule has 6 heteroatoms. The summed E-state index contributed by atoms with van der Waals surface area (Å²) in [6, 6.07) is 17.0. The molecule has 1 amide bonds. The van der Waals surface area contributed by atoms with Crippen LogP contribution in [0.1, 0.15) is 21.5 Å². The van der Waals surface area contributed by atoms with Crippen molar-refractivity contribution in [3.05, 3.63) is 77.5 Å². The van der Waals surface area contributed by atoms with E-state index >= 15 is 0 Å². The predicted molar refractivity (Wildman–Crippen MR) is 103 cm³/mol. The van der Waals surface area contributed by atoms with Gasteiger partial charge in [0.1, 0.15) is 5.82 Å². The molecule has 0 radical (unpaired) electrons. The van der Waals surface area contributed by atoms with Crippen molar-refractivity contribution in [2.75, 3.05) is 17.4 Å². The summed E-state index contributed by atoms with van der Waals surface area (Å²) in [7, 11) is 0. The lowest BCUT2D eigenvalue weighted by molar-refractivity contribution is 0.102. The zero-order valence-corrected chi connectivity index (χ0v) is 14.9. The number of anilines is 2. The molecule has 0 spiro atoms. The first-order valence-corrected chi connectivity index (χ1v) is 8.64. The van der Waals surface area contributed by atoms with Gasteiger partial charge in [0.2, 0.25) is 6.79 Å². The lowest BCUT2D eigenvalue weighted by atomic mass is 10.2. The van der Waals surface area contributed by atoms with E-state index < -0.39 is 0 Å². The second-order valence-corrected chi connectivity index (χ2v) is 6.29. The number of aromatic nitrogens is 1. The van der Waals surface area contributed by atoms with Crippen molar-refractivity contribution < 1.29 is 14.3 Å². The van der Waals surface area contributed by atoms with Crippen LogP contribution in [0.3, 0.4) is 0 Å². The summed E-state index contributed by atoms with van der Waals surface area (Å²) < 4.78 is 10.7. The molecule has 1 aliphatic rings. The molecular formula is C21H19N3O3. The number of amides is 1. The Morgan fingerprint density at radius 3 is 2.63 bits per heavy atom. The molecule has 1 aliphatic heterocycles. The summed E-state index contributed by atoms with van der Waals surface area (Å²) in [6.45, 7) is 2.86. The number of pyridine rings is 1. The van der Waals surface area contributed by atoms with Crippen LogP contribution >= 0.6 is 0 Å². The van der Waals surface area contributed by atoms with E-state index in [1.54, 1.807) is 18.3 Å². The maximum Gasteiger partial charge on any atom is 0.257 e. The van der Waals surface area contributed by atoms with Crippen molar-refractivity contribution in [1.82, 2.24) is 4.98 Å². The average Bonchev–Trinajstić information content (AvgIpc) is 3.16. The van der Waals surface area contributed by atoms with Crippen LogP contribution in [0.15, 0.2) is 60.8 Å². The minimum absolute atomic E-state index is 0.186. The summed E-state index contributed by atoms with van der Waals surface area (Å²) in [5, 5.41) is 6.10. The Hall–Kier alpha value is -3.54. The lowest BCUT2D eigenvalue weighted by Gasteiger charge is -2.08. The van der Waals surface area contributed by atoms with E-state index in [0.29, 0.717) is 17.9 Å². The van der Waals surface area contributed by atoms with Crippen molar-refractivity contribution in [2.45, 2.75) is 13.5 Å². The number of carbonyl (C=O) groups is 1. The highest BCUT2D eigenvalue weighted by Crippen LogP contribution is 2.32. The molecule has 0 saturated heterocycles. The summed E-state index contributed by atoms with van der Waals surface area (Å²) >= 11 is 0. The highest BCUT2D eigenvalue weighted by Gasteiger charge is 2.13. The van der Waals surface area contributed by atoms with E-state index in [4.69, 9.17) is 9.47 Å². The summed E-state index contributed by atoms with van der Waals surface area (Å²) in [5.74, 6) is 2.03. The first kappa shape index (κ1) is 16.9. The Balaban J connectivity index is 1.35. The van der Waals surface area contributed by atoms with Gasteiger partial charge < -0.3 is 20.1 Å². The van der Waals surface area contributed by atoms with Crippen molar-refractivity contribution in [3.8, 4) is 11.5 Å². The van der Waals surface area contributed by atoms with E-state index in [1.807, 2.05) is 49.4 Å². The van der Waals surface area contributed by atoms with Crippen LogP contribution in [0.4, 0.5) is 11.5 Å². The smallest absolute Gasteiger partial charge is 0.257 e. The van der Waals surface area contributed by atoms with Gasteiger partial charge >= 0.3 is 0 Å². The molecule has 2 aromatic carbocycles. The zero-order chi connectivity index (χ0) is 18.6. The average molecular weight is 361 g/mol. The van der Waals surface area contributed by atoms with E-state index in [2.05, 4.69) is 15.6 Å². The monoisotopic (exact) mass is 361 g/mol. The summed E-state index contributed by atoms with van der Waals surface area (Å²) in [6.07, 6.45) is 1.56. The van der Waals surface area contributed by atoms with Crippen molar-refractivity contribution in [1.29, 1.82) is 0 Å². The Bertz CT molecular complexity index is 953. The molecule has 1 aromatic heterocycles. The molecule has 4 rings (SSSR count). The number of hydrogen-bond acceptors (Lipinski definition) is 5. The van der Waals surface area contributed by atoms with E-state index in [0.717, 1.165) is 28.3 Å². The minimum Gasteiger partial charge on any atom is -0.454 e. The second-order valence-electron chi connectivity index (χ2n) is 6.29. The molecule has 0 unspecified atom stereocenters. The molecule has 6 nitrogen and oxygen atoms in total. The fourth-order valence-corrected chi connectivity index (χ4v) is 2.72. The Kier molecular flexibility index (Phi) is 4.61. The van der Waals surface area contributed by atoms with Gasteiger partial charge in [0, 0.05) is 18.4 Å². The SMILES string of the molecule is Cc1ccc(NC(=O)c2ccc(NCc3ccc4c(c3)OCO4)nc2)cc1. The molecule has 0 aliphatic carbocycles. The number of hydrogen-bond donors (Lipinski definition) is 2. The normalized spacial score (nSPS) is 11.9. The third-order valence-corrected chi connectivity index (χ3v) is 4.25. The van der Waals surface area contributed by atoms with Crippen LogP contribution < -0.4 is 20.1 Å². The van der Waals surface area contributed by atoms with Gasteiger partial charge in [-0.15, -0.1) is 0 Å². The highest BCUT2D eigenvalue weighted by atomic mass is 16.7. The van der Waals surface area contributed by atoms with Gasteiger partial charge in [0.25, 0.3) is 5.91 Å². The summed E-state index contributed by atoms with van der Waals surface area (Å²) in [4.78, 5) is 16.6. The maximum absolute atomic E-state index is 12.3. The molecule has 3 aromatic rings. The standard InChI is InChI=1S/C21H19N3O3/c1-14-2-6-17(7-3-14)24-21(25)16-5-9-20(23-12-16)22-11-15-4-8-18-19(10-15)27-13-26-18/h2-10,12H,11,13H2,1H3,(H,22,23)(H,24,25). The number of fused-ring (bicyclic) bond motifs is 1. The number of rotatable bonds is 5. The first-order valence-electron chi connectivity index (χ1n) is 8.64. The van der Waals surface area contributed by atoms with Crippen LogP contribution in [0.25, 0.3) is 0 Å². The number of nitrogens with one attached hydrogen (secondary N) is 2.